The molecule has 0 radical (unpaired) electrons. The first-order chi connectivity index (χ1) is 13.0. The number of nitrogens with two attached hydrogens (primary N) is 1. The lowest BCUT2D eigenvalue weighted by molar-refractivity contribution is 0.276. The van der Waals surface area contributed by atoms with Gasteiger partial charge in [-0.15, -0.1) is 0 Å². The van der Waals surface area contributed by atoms with E-state index in [1.54, 1.807) is 19.2 Å². The van der Waals surface area contributed by atoms with E-state index in [9.17, 15) is 5.11 Å². The van der Waals surface area contributed by atoms with Crippen molar-refractivity contribution in [2.45, 2.75) is 45.6 Å². The van der Waals surface area contributed by atoms with Crippen LogP contribution in [0, 0.1) is 18.3 Å². The van der Waals surface area contributed by atoms with Crippen LogP contribution in [0.25, 0.3) is 0 Å². The van der Waals surface area contributed by atoms with E-state index in [4.69, 9.17) is 15.7 Å². The molecule has 27 heavy (non-hydrogen) atoms. The number of anilines is 2. The molecule has 1 heterocycles. The molecule has 2 aromatic rings. The number of aliphatic hydroxyl groups is 1. The van der Waals surface area contributed by atoms with Crippen molar-refractivity contribution in [3.8, 4) is 11.8 Å². The third kappa shape index (κ3) is 5.31. The number of benzene rings is 1. The summed E-state index contributed by atoms with van der Waals surface area (Å²) in [5.74, 6) is 1.54. The van der Waals surface area contributed by atoms with Gasteiger partial charge >= 0.3 is 0 Å². The lowest BCUT2D eigenvalue weighted by Crippen LogP contribution is -2.23. The smallest absolute Gasteiger partial charge is 0.222 e. The summed E-state index contributed by atoms with van der Waals surface area (Å²) in [5, 5.41) is 21.8. The third-order valence-electron chi connectivity index (χ3n) is 4.47. The molecule has 0 aliphatic heterocycles. The Balaban J connectivity index is 2.40. The van der Waals surface area contributed by atoms with Crippen LogP contribution in [0.2, 0.25) is 0 Å². The number of hydrogen-bond donors (Lipinski definition) is 3. The van der Waals surface area contributed by atoms with E-state index < -0.39 is 0 Å². The van der Waals surface area contributed by atoms with Gasteiger partial charge in [0.05, 0.1) is 18.7 Å². The fourth-order valence-electron chi connectivity index (χ4n) is 3.09. The van der Waals surface area contributed by atoms with Crippen molar-refractivity contribution in [2.24, 2.45) is 0 Å². The molecule has 1 unspecified atom stereocenters. The van der Waals surface area contributed by atoms with Gasteiger partial charge in [0.1, 0.15) is 11.6 Å². The number of hydrogen-bond acceptors (Lipinski definition) is 7. The van der Waals surface area contributed by atoms with Crippen LogP contribution in [-0.2, 0) is 6.42 Å². The molecule has 0 amide bonds. The van der Waals surface area contributed by atoms with Gasteiger partial charge in [0.15, 0.2) is 0 Å². The molecule has 0 spiro atoms. The van der Waals surface area contributed by atoms with Crippen molar-refractivity contribution < 1.29 is 9.84 Å². The number of nitrogens with zero attached hydrogens (tertiary/aromatic N) is 3. The predicted molar refractivity (Wildman–Crippen MR) is 106 cm³/mol. The first-order valence-electron chi connectivity index (χ1n) is 9.09. The third-order valence-corrected chi connectivity index (χ3v) is 4.47. The largest absolute Gasteiger partial charge is 0.496 e. The summed E-state index contributed by atoms with van der Waals surface area (Å²) in [5.41, 5.74) is 9.06. The average Bonchev–Trinajstić information content (AvgIpc) is 2.65. The minimum Gasteiger partial charge on any atom is -0.496 e. The molecular weight excluding hydrogens is 342 g/mol. The highest BCUT2D eigenvalue weighted by Gasteiger charge is 2.17. The zero-order valence-electron chi connectivity index (χ0n) is 16.1. The van der Waals surface area contributed by atoms with Crippen molar-refractivity contribution in [2.75, 3.05) is 24.8 Å². The Morgan fingerprint density at radius 2 is 2.11 bits per heavy atom. The first-order valence-corrected chi connectivity index (χ1v) is 9.09. The maximum absolute atomic E-state index is 9.33. The SMILES string of the molecule is CCCC(CCO)Nc1nc(N)nc(C)c1Cc1ccc(C#N)cc1OC. The number of nitriles is 1. The Kier molecular flexibility index (Phi) is 7.38. The van der Waals surface area contributed by atoms with Crippen molar-refractivity contribution in [3.05, 3.63) is 40.6 Å². The number of nitrogen functional groups attached to an aromatic ring is 1. The van der Waals surface area contributed by atoms with Crippen molar-refractivity contribution in [1.29, 1.82) is 5.26 Å². The van der Waals surface area contributed by atoms with Crippen LogP contribution in [0.1, 0.15) is 48.6 Å². The molecule has 0 aliphatic rings. The van der Waals surface area contributed by atoms with E-state index in [2.05, 4.69) is 28.3 Å². The van der Waals surface area contributed by atoms with Crippen molar-refractivity contribution in [1.82, 2.24) is 9.97 Å². The van der Waals surface area contributed by atoms with E-state index in [1.165, 1.54) is 0 Å². The average molecular weight is 369 g/mol. The molecule has 7 heteroatoms. The van der Waals surface area contributed by atoms with Crippen LogP contribution >= 0.6 is 0 Å². The second-order valence-corrected chi connectivity index (χ2v) is 6.45. The van der Waals surface area contributed by atoms with Gasteiger partial charge in [0.2, 0.25) is 5.95 Å². The fraction of sp³-hybridized carbons (Fsp3) is 0.450. The molecule has 1 aromatic heterocycles. The summed E-state index contributed by atoms with van der Waals surface area (Å²) in [6, 6.07) is 7.60. The van der Waals surface area contributed by atoms with Gasteiger partial charge in [-0.25, -0.2) is 4.98 Å². The number of nitrogens with one attached hydrogen (secondary N) is 1. The second-order valence-electron chi connectivity index (χ2n) is 6.45. The lowest BCUT2D eigenvalue weighted by Gasteiger charge is -2.21. The Bertz CT molecular complexity index is 811. The molecule has 0 fully saturated rings. The number of methoxy groups -OCH3 is 1. The molecule has 0 saturated heterocycles. The highest BCUT2D eigenvalue weighted by Crippen LogP contribution is 2.28. The standard InChI is InChI=1S/C20H27N5O2/c1-4-5-16(8-9-26)24-19-17(13(2)23-20(22)25-19)11-15-7-6-14(12-21)10-18(15)27-3/h6-7,10,16,26H,4-5,8-9,11H2,1-3H3,(H3,22,23,24,25). The van der Waals surface area contributed by atoms with Crippen LogP contribution in [0.4, 0.5) is 11.8 Å². The number of aryl methyl sites for hydroxylation is 1. The molecule has 0 bridgehead atoms. The first kappa shape index (κ1) is 20.5. The zero-order valence-corrected chi connectivity index (χ0v) is 16.1. The van der Waals surface area contributed by atoms with Gasteiger partial charge < -0.3 is 20.9 Å². The zero-order chi connectivity index (χ0) is 19.8. The summed E-state index contributed by atoms with van der Waals surface area (Å²) in [4.78, 5) is 8.71. The van der Waals surface area contributed by atoms with Gasteiger partial charge in [0.25, 0.3) is 0 Å². The molecule has 144 valence electrons. The second kappa shape index (κ2) is 9.74. The molecule has 2 rings (SSSR count). The topological polar surface area (TPSA) is 117 Å². The molecule has 7 nitrogen and oxygen atoms in total. The number of rotatable bonds is 9. The Morgan fingerprint density at radius 3 is 2.74 bits per heavy atom. The molecule has 1 atom stereocenters. The Labute approximate surface area is 160 Å². The van der Waals surface area contributed by atoms with Gasteiger partial charge in [-0.2, -0.15) is 10.2 Å². The predicted octanol–water partition coefficient (Wildman–Crippen LogP) is 2.80. The molecule has 0 aliphatic carbocycles. The van der Waals surface area contributed by atoms with Crippen LogP contribution in [-0.4, -0.2) is 34.8 Å². The van der Waals surface area contributed by atoms with Gasteiger partial charge in [0, 0.05) is 30.3 Å². The highest BCUT2D eigenvalue weighted by atomic mass is 16.5. The number of aromatic nitrogens is 2. The quantitative estimate of drug-likeness (QED) is 0.622. The normalized spacial score (nSPS) is 11.7. The Morgan fingerprint density at radius 1 is 1.33 bits per heavy atom. The Hall–Kier alpha value is -2.85. The van der Waals surface area contributed by atoms with Crippen molar-refractivity contribution >= 4 is 11.8 Å². The summed E-state index contributed by atoms with van der Waals surface area (Å²) in [7, 11) is 1.59. The maximum atomic E-state index is 9.33. The van der Waals surface area contributed by atoms with E-state index in [-0.39, 0.29) is 18.6 Å². The van der Waals surface area contributed by atoms with Gasteiger partial charge in [-0.3, -0.25) is 0 Å². The summed E-state index contributed by atoms with van der Waals surface area (Å²) < 4.78 is 5.45. The molecular formula is C20H27N5O2. The maximum Gasteiger partial charge on any atom is 0.222 e. The monoisotopic (exact) mass is 369 g/mol. The minimum atomic E-state index is 0.107. The molecule has 1 aromatic carbocycles. The van der Waals surface area contributed by atoms with Gasteiger partial charge in [-0.05, 0) is 37.5 Å². The highest BCUT2D eigenvalue weighted by molar-refractivity contribution is 5.54. The van der Waals surface area contributed by atoms with Crippen LogP contribution < -0.4 is 15.8 Å². The van der Waals surface area contributed by atoms with E-state index >= 15 is 0 Å². The van der Waals surface area contributed by atoms with E-state index in [0.29, 0.717) is 30.0 Å². The lowest BCUT2D eigenvalue weighted by atomic mass is 10.0. The summed E-state index contributed by atoms with van der Waals surface area (Å²) in [6.07, 6.45) is 3.09. The van der Waals surface area contributed by atoms with Crippen molar-refractivity contribution in [3.63, 3.8) is 0 Å². The van der Waals surface area contributed by atoms with E-state index in [1.807, 2.05) is 13.0 Å². The summed E-state index contributed by atoms with van der Waals surface area (Å²) in [6.45, 7) is 4.11. The van der Waals surface area contributed by atoms with Crippen LogP contribution in [0.3, 0.4) is 0 Å². The fourth-order valence-corrected chi connectivity index (χ4v) is 3.09. The van der Waals surface area contributed by atoms with E-state index in [0.717, 1.165) is 29.7 Å². The summed E-state index contributed by atoms with van der Waals surface area (Å²) >= 11 is 0. The van der Waals surface area contributed by atoms with Crippen LogP contribution in [0.5, 0.6) is 5.75 Å². The minimum absolute atomic E-state index is 0.107. The molecule has 0 saturated carbocycles. The van der Waals surface area contributed by atoms with Crippen LogP contribution in [0.15, 0.2) is 18.2 Å². The van der Waals surface area contributed by atoms with Gasteiger partial charge in [-0.1, -0.05) is 19.4 Å². The molecule has 4 N–H and O–H groups in total. The number of aliphatic hydroxyl groups excluding tert-OH is 1. The number of ether oxygens (including phenoxy) is 1.